The third-order valence-corrected chi connectivity index (χ3v) is 11.0. The van der Waals surface area contributed by atoms with Gasteiger partial charge in [-0.1, -0.05) is 197 Å². The molecule has 0 fully saturated rings. The zero-order valence-electron chi connectivity index (χ0n) is 47.4. The van der Waals surface area contributed by atoms with Gasteiger partial charge in [0.2, 0.25) is 0 Å². The van der Waals surface area contributed by atoms with Crippen LogP contribution in [0.2, 0.25) is 0 Å². The molecule has 2 atom stereocenters. The van der Waals surface area contributed by atoms with E-state index in [9.17, 15) is 19.5 Å². The Morgan fingerprint density at radius 2 is 0.720 bits per heavy atom. The van der Waals surface area contributed by atoms with Crippen molar-refractivity contribution in [2.45, 2.75) is 180 Å². The van der Waals surface area contributed by atoms with Crippen molar-refractivity contribution in [3.63, 3.8) is 0 Å². The number of carbonyl (C=O) groups is 3. The molecule has 0 heterocycles. The smallest absolute Gasteiger partial charge is 0.361 e. The van der Waals surface area contributed by atoms with Crippen LogP contribution in [-0.2, 0) is 33.3 Å². The SMILES string of the molecule is CC/C=C\C/C=C\C/C=C\C/C=C\C/C=C\C/C=C\C/C=C\C/C=C\C/C=C\C/C=C\CCCCCCC(=O)OC(COC(=O)CCCC/C=C\C/C=C\C/C=C\C/C=C\CC)COC(OCC[N+](C)(C)C)C(=O)O. The molecule has 0 bridgehead atoms. The van der Waals surface area contributed by atoms with Gasteiger partial charge in [-0.2, -0.15) is 0 Å². The van der Waals surface area contributed by atoms with Crippen molar-refractivity contribution < 1.29 is 42.9 Å². The van der Waals surface area contributed by atoms with Crippen molar-refractivity contribution in [1.82, 2.24) is 0 Å². The third-order valence-electron chi connectivity index (χ3n) is 11.0. The molecule has 9 nitrogen and oxygen atoms in total. The number of quaternary nitrogens is 1. The van der Waals surface area contributed by atoms with Crippen LogP contribution in [0.5, 0.6) is 0 Å². The number of nitrogens with zero attached hydrogens (tertiary/aromatic N) is 1. The van der Waals surface area contributed by atoms with Gasteiger partial charge in [0.1, 0.15) is 13.2 Å². The van der Waals surface area contributed by atoms with Crippen LogP contribution in [0.25, 0.3) is 0 Å². The Morgan fingerprint density at radius 1 is 0.400 bits per heavy atom. The fourth-order valence-corrected chi connectivity index (χ4v) is 6.68. The first kappa shape index (κ1) is 69.7. The minimum absolute atomic E-state index is 0.165. The maximum Gasteiger partial charge on any atom is 0.361 e. The van der Waals surface area contributed by atoms with Crippen molar-refractivity contribution in [2.24, 2.45) is 0 Å². The lowest BCUT2D eigenvalue weighted by atomic mass is 10.1. The molecule has 0 radical (unpaired) electrons. The van der Waals surface area contributed by atoms with Gasteiger partial charge >= 0.3 is 17.9 Å². The van der Waals surface area contributed by atoms with Gasteiger partial charge in [0, 0.05) is 12.8 Å². The highest BCUT2D eigenvalue weighted by Crippen LogP contribution is 2.11. The number of hydrogen-bond donors (Lipinski definition) is 1. The van der Waals surface area contributed by atoms with E-state index in [-0.39, 0.29) is 32.7 Å². The molecule has 418 valence electrons. The first-order valence-electron chi connectivity index (χ1n) is 28.3. The number of allylic oxidation sites excluding steroid dienone is 28. The van der Waals surface area contributed by atoms with Crippen molar-refractivity contribution >= 4 is 17.9 Å². The molecule has 0 saturated carbocycles. The maximum absolute atomic E-state index is 12.8. The highest BCUT2D eigenvalue weighted by molar-refractivity contribution is 5.71. The Morgan fingerprint density at radius 3 is 1.08 bits per heavy atom. The summed E-state index contributed by atoms with van der Waals surface area (Å²) in [5.74, 6) is -2.12. The number of likely N-dealkylation sites (N-methyl/N-ethyl adjacent to an activating group) is 1. The van der Waals surface area contributed by atoms with E-state index < -0.39 is 30.3 Å². The minimum Gasteiger partial charge on any atom is -0.477 e. The molecule has 0 amide bonds. The number of aliphatic carboxylic acids is 1. The number of ether oxygens (including phenoxy) is 4. The lowest BCUT2D eigenvalue weighted by molar-refractivity contribution is -0.870. The molecule has 0 aromatic rings. The van der Waals surface area contributed by atoms with E-state index in [1.165, 1.54) is 0 Å². The van der Waals surface area contributed by atoms with Crippen LogP contribution in [0.1, 0.15) is 168 Å². The lowest BCUT2D eigenvalue weighted by Crippen LogP contribution is -2.40. The van der Waals surface area contributed by atoms with Gasteiger partial charge in [0.05, 0.1) is 34.4 Å². The third kappa shape index (κ3) is 56.2. The first-order chi connectivity index (χ1) is 36.6. The molecule has 0 aromatic heterocycles. The Hall–Kier alpha value is -5.35. The minimum atomic E-state index is -1.54. The molecular formula is C66H102NO8+. The Labute approximate surface area is 457 Å². The second-order valence-electron chi connectivity index (χ2n) is 19.1. The molecule has 75 heavy (non-hydrogen) atoms. The van der Waals surface area contributed by atoms with E-state index in [1.54, 1.807) is 0 Å². The predicted molar refractivity (Wildman–Crippen MR) is 317 cm³/mol. The number of carbonyl (C=O) groups excluding carboxylic acids is 2. The molecule has 0 aliphatic carbocycles. The molecule has 1 N–H and O–H groups in total. The van der Waals surface area contributed by atoms with Crippen molar-refractivity contribution in [3.8, 4) is 0 Å². The largest absolute Gasteiger partial charge is 0.477 e. The maximum atomic E-state index is 12.8. The van der Waals surface area contributed by atoms with Gasteiger partial charge in [-0.25, -0.2) is 4.79 Å². The Kier molecular flexibility index (Phi) is 51.0. The highest BCUT2D eigenvalue weighted by Gasteiger charge is 2.25. The van der Waals surface area contributed by atoms with E-state index in [1.807, 2.05) is 21.1 Å². The molecular weight excluding hydrogens is 935 g/mol. The molecule has 0 spiro atoms. The van der Waals surface area contributed by atoms with Gasteiger partial charge in [-0.15, -0.1) is 0 Å². The van der Waals surface area contributed by atoms with Gasteiger partial charge in [0.25, 0.3) is 6.29 Å². The molecule has 0 rings (SSSR count). The molecule has 0 aromatic carbocycles. The molecule has 9 heteroatoms. The number of hydrogen-bond acceptors (Lipinski definition) is 7. The van der Waals surface area contributed by atoms with Gasteiger partial charge < -0.3 is 28.5 Å². The fourth-order valence-electron chi connectivity index (χ4n) is 6.68. The van der Waals surface area contributed by atoms with E-state index in [4.69, 9.17) is 18.9 Å². The van der Waals surface area contributed by atoms with E-state index in [0.29, 0.717) is 23.9 Å². The average molecular weight is 1040 g/mol. The summed E-state index contributed by atoms with van der Waals surface area (Å²) < 4.78 is 22.7. The van der Waals surface area contributed by atoms with Crippen LogP contribution in [0.15, 0.2) is 170 Å². The van der Waals surface area contributed by atoms with Crippen LogP contribution < -0.4 is 0 Å². The monoisotopic (exact) mass is 1040 g/mol. The highest BCUT2D eigenvalue weighted by atomic mass is 16.7. The predicted octanol–water partition coefficient (Wildman–Crippen LogP) is 16.8. The van der Waals surface area contributed by atoms with Crippen LogP contribution in [0, 0.1) is 0 Å². The normalized spacial score (nSPS) is 14.1. The van der Waals surface area contributed by atoms with E-state index in [0.717, 1.165) is 128 Å². The number of carboxylic acid groups (broad SMARTS) is 1. The summed E-state index contributed by atoms with van der Waals surface area (Å²) in [6, 6.07) is 0. The number of carboxylic acids is 1. The molecule has 0 saturated heterocycles. The number of rotatable bonds is 49. The average Bonchev–Trinajstić information content (AvgIpc) is 3.38. The van der Waals surface area contributed by atoms with Gasteiger partial charge in [0.15, 0.2) is 6.10 Å². The summed E-state index contributed by atoms with van der Waals surface area (Å²) in [4.78, 5) is 37.3. The molecule has 0 aliphatic rings. The Balaban J connectivity index is 4.37. The van der Waals surface area contributed by atoms with Gasteiger partial charge in [-0.05, 0) is 128 Å². The van der Waals surface area contributed by atoms with Crippen molar-refractivity contribution in [2.75, 3.05) is 47.5 Å². The summed E-state index contributed by atoms with van der Waals surface area (Å²) in [6.07, 6.45) is 80.1. The van der Waals surface area contributed by atoms with Crippen LogP contribution in [0.3, 0.4) is 0 Å². The van der Waals surface area contributed by atoms with Crippen LogP contribution >= 0.6 is 0 Å². The molecule has 0 aliphatic heterocycles. The van der Waals surface area contributed by atoms with Crippen molar-refractivity contribution in [3.05, 3.63) is 170 Å². The van der Waals surface area contributed by atoms with Crippen molar-refractivity contribution in [1.29, 1.82) is 0 Å². The lowest BCUT2D eigenvalue weighted by Gasteiger charge is -2.25. The fraction of sp³-hybridized carbons (Fsp3) is 0.530. The number of unbranched alkanes of at least 4 members (excludes halogenated alkanes) is 6. The molecule has 2 unspecified atom stereocenters. The Bertz CT molecular complexity index is 1830. The summed E-state index contributed by atoms with van der Waals surface area (Å²) in [5.41, 5.74) is 0. The van der Waals surface area contributed by atoms with E-state index in [2.05, 4.69) is 184 Å². The standard InChI is InChI=1S/C66H101NO8/c1-6-8-10-12-14-16-18-20-22-23-24-25-26-27-28-29-30-31-32-33-34-35-36-37-38-39-40-41-43-45-47-49-51-53-55-57-64(69)75-62(61-74-66(65(70)71)72-59-58-67(3,4)5)60-73-63(68)56-54-52-50-48-46-44-42-21-19-17-15-13-11-9-7-2/h8-11,14-17,20-22,24-25,27-28,30-31,33-34,36-37,39-40,42-43,45-46,48,62,66H,6-7,12-13,18-19,23,26,29,32,35,38,41,44,47,49-61H2,1-5H3/p+1/b10-8-,11-9-,16-14-,17-15-,22-20-,25-24-,28-27-,31-30-,34-33-,37-36-,40-39-,42-21-,45-43-,48-46-. The second-order valence-corrected chi connectivity index (χ2v) is 19.1. The van der Waals surface area contributed by atoms with E-state index >= 15 is 0 Å². The zero-order valence-corrected chi connectivity index (χ0v) is 47.4. The first-order valence-corrected chi connectivity index (χ1v) is 28.3. The number of esters is 2. The summed E-state index contributed by atoms with van der Waals surface area (Å²) in [6.45, 7) is 4.52. The summed E-state index contributed by atoms with van der Waals surface area (Å²) in [5, 5.41) is 9.68. The zero-order chi connectivity index (χ0) is 54.8. The second kappa shape index (κ2) is 54.9. The summed E-state index contributed by atoms with van der Waals surface area (Å²) >= 11 is 0. The quantitative estimate of drug-likeness (QED) is 0.0211. The summed E-state index contributed by atoms with van der Waals surface area (Å²) in [7, 11) is 5.92. The van der Waals surface area contributed by atoms with Crippen LogP contribution in [-0.4, -0.2) is 87.4 Å². The van der Waals surface area contributed by atoms with Crippen LogP contribution in [0.4, 0.5) is 0 Å². The topological polar surface area (TPSA) is 108 Å². The van der Waals surface area contributed by atoms with Gasteiger partial charge in [-0.3, -0.25) is 9.59 Å².